The van der Waals surface area contributed by atoms with Crippen LogP contribution < -0.4 is 15.8 Å². The molecule has 0 radical (unpaired) electrons. The monoisotopic (exact) mass is 501 g/mol. The largest absolute Gasteiger partial charge is 0.481 e. The quantitative estimate of drug-likeness (QED) is 0.150. The third-order valence-electron chi connectivity index (χ3n) is 6.52. The Bertz CT molecular complexity index is 1470. The molecule has 0 aliphatic carbocycles. The van der Waals surface area contributed by atoms with Crippen molar-refractivity contribution in [2.75, 3.05) is 6.54 Å². The zero-order chi connectivity index (χ0) is 26.2. The first-order valence-electron chi connectivity index (χ1n) is 12.8. The van der Waals surface area contributed by atoms with Gasteiger partial charge in [0, 0.05) is 29.7 Å². The van der Waals surface area contributed by atoms with Gasteiger partial charge in [-0.15, -0.1) is 0 Å². The maximum atomic E-state index is 10.9. The number of hydrogen-bond acceptors (Lipinski definition) is 3. The minimum Gasteiger partial charge on any atom is -0.481 e. The fourth-order valence-electron chi connectivity index (χ4n) is 4.54. The van der Waals surface area contributed by atoms with Gasteiger partial charge in [0.2, 0.25) is 5.91 Å². The molecule has 190 valence electrons. The molecule has 0 fully saturated rings. The van der Waals surface area contributed by atoms with Gasteiger partial charge in [0.25, 0.3) is 0 Å². The number of aromatic nitrogens is 1. The Balaban J connectivity index is 1.24. The van der Waals surface area contributed by atoms with Gasteiger partial charge in [-0.1, -0.05) is 84.9 Å². The van der Waals surface area contributed by atoms with Crippen LogP contribution in [0.3, 0.4) is 0 Å². The maximum Gasteiger partial charge on any atom is 0.241 e. The van der Waals surface area contributed by atoms with Crippen LogP contribution in [0.1, 0.15) is 33.9 Å². The first-order chi connectivity index (χ1) is 18.7. The Labute approximate surface area is 223 Å². The average molecular weight is 502 g/mol. The van der Waals surface area contributed by atoms with Gasteiger partial charge in [-0.2, -0.15) is 0 Å². The van der Waals surface area contributed by atoms with Gasteiger partial charge in [0.15, 0.2) is 0 Å². The van der Waals surface area contributed by atoms with Crippen molar-refractivity contribution in [2.24, 2.45) is 5.73 Å². The predicted octanol–water partition coefficient (Wildman–Crippen LogP) is 6.17. The summed E-state index contributed by atoms with van der Waals surface area (Å²) in [6, 6.07) is 35.0. The number of carbonyl (C=O) groups excluding carboxylic acids is 1. The van der Waals surface area contributed by atoms with Gasteiger partial charge < -0.3 is 20.8 Å². The molecule has 4 N–H and O–H groups in total. The van der Waals surface area contributed by atoms with E-state index in [1.807, 2.05) is 54.6 Å². The highest BCUT2D eigenvalue weighted by Gasteiger charge is 2.16. The molecule has 0 spiro atoms. The lowest BCUT2D eigenvalue weighted by Gasteiger charge is -2.20. The molecule has 0 aliphatic heterocycles. The number of carbonyl (C=O) groups is 1. The van der Waals surface area contributed by atoms with Crippen LogP contribution in [0.2, 0.25) is 0 Å². The van der Waals surface area contributed by atoms with E-state index in [4.69, 9.17) is 10.5 Å². The number of rotatable bonds is 11. The zero-order valence-corrected chi connectivity index (χ0v) is 21.1. The van der Waals surface area contributed by atoms with E-state index >= 15 is 0 Å². The highest BCUT2D eigenvalue weighted by atomic mass is 16.5. The highest BCUT2D eigenvalue weighted by molar-refractivity contribution is 5.90. The molecule has 5 heteroatoms. The molecule has 0 aliphatic rings. The van der Waals surface area contributed by atoms with Gasteiger partial charge in [0.1, 0.15) is 11.9 Å². The minimum absolute atomic E-state index is 0.184. The Kier molecular flexibility index (Phi) is 7.97. The molecule has 0 saturated carbocycles. The van der Waals surface area contributed by atoms with Crippen LogP contribution in [0, 0.1) is 0 Å². The van der Waals surface area contributed by atoms with Gasteiger partial charge >= 0.3 is 0 Å². The van der Waals surface area contributed by atoms with Crippen LogP contribution in [0.25, 0.3) is 17.0 Å². The number of ether oxygens (including phenoxy) is 1. The first kappa shape index (κ1) is 25.1. The summed E-state index contributed by atoms with van der Waals surface area (Å²) in [6.07, 6.45) is 5.88. The van der Waals surface area contributed by atoms with E-state index in [0.717, 1.165) is 47.5 Å². The van der Waals surface area contributed by atoms with Gasteiger partial charge in [-0.3, -0.25) is 4.79 Å². The van der Waals surface area contributed by atoms with Crippen LogP contribution in [-0.4, -0.2) is 17.4 Å². The van der Waals surface area contributed by atoms with E-state index in [9.17, 15) is 4.79 Å². The lowest BCUT2D eigenvalue weighted by atomic mass is 10.0. The highest BCUT2D eigenvalue weighted by Crippen LogP contribution is 2.31. The third kappa shape index (κ3) is 6.38. The van der Waals surface area contributed by atoms with Crippen molar-refractivity contribution >= 4 is 22.9 Å². The van der Waals surface area contributed by atoms with Crippen molar-refractivity contribution in [3.8, 4) is 5.75 Å². The minimum atomic E-state index is -0.445. The third-order valence-corrected chi connectivity index (χ3v) is 6.52. The van der Waals surface area contributed by atoms with Gasteiger partial charge in [-0.05, 0) is 65.1 Å². The molecule has 1 heterocycles. The molecule has 0 unspecified atom stereocenters. The fraction of sp³-hybridized carbons (Fsp3) is 0.121. The van der Waals surface area contributed by atoms with Crippen molar-refractivity contribution in [3.63, 3.8) is 0 Å². The average Bonchev–Trinajstić information content (AvgIpc) is 3.36. The van der Waals surface area contributed by atoms with Crippen LogP contribution in [0.4, 0.5) is 0 Å². The number of H-pyrrole nitrogens is 1. The molecule has 38 heavy (non-hydrogen) atoms. The summed E-state index contributed by atoms with van der Waals surface area (Å²) < 4.78 is 6.58. The van der Waals surface area contributed by atoms with Gasteiger partial charge in [0.05, 0.1) is 0 Å². The SMILES string of the molecule is NC(=O)/C=C/c1ccc(CNCCc2c[nH]c3ccc(OC(c4ccccc4)c4ccccc4)cc23)cc1. The second-order valence-electron chi connectivity index (χ2n) is 9.24. The molecule has 5 rings (SSSR count). The molecule has 5 aromatic rings. The van der Waals surface area contributed by atoms with E-state index < -0.39 is 5.91 Å². The van der Waals surface area contributed by atoms with E-state index in [0.29, 0.717) is 0 Å². The number of primary amides is 1. The lowest BCUT2D eigenvalue weighted by Crippen LogP contribution is -2.16. The number of benzene rings is 4. The summed E-state index contributed by atoms with van der Waals surface area (Å²) in [6.45, 7) is 1.62. The normalized spacial score (nSPS) is 11.4. The second-order valence-corrected chi connectivity index (χ2v) is 9.24. The Morgan fingerprint density at radius 2 is 1.58 bits per heavy atom. The van der Waals surface area contributed by atoms with Crippen LogP contribution in [0.15, 0.2) is 115 Å². The van der Waals surface area contributed by atoms with Crippen molar-refractivity contribution in [1.29, 1.82) is 0 Å². The number of nitrogens with two attached hydrogens (primary N) is 1. The standard InChI is InChI=1S/C33H31N3O2/c34-32(37)18-15-24-11-13-25(14-12-24)22-35-20-19-28-23-36-31-17-16-29(21-30(28)31)38-33(26-7-3-1-4-8-26)27-9-5-2-6-10-27/h1-18,21,23,33,35-36H,19-20,22H2,(H2,34,37)/b18-15+. The molecule has 0 bridgehead atoms. The molecular weight excluding hydrogens is 470 g/mol. The first-order valence-corrected chi connectivity index (χ1v) is 12.8. The smallest absolute Gasteiger partial charge is 0.241 e. The summed E-state index contributed by atoms with van der Waals surface area (Å²) in [7, 11) is 0. The van der Waals surface area contributed by atoms with Gasteiger partial charge in [-0.25, -0.2) is 0 Å². The molecular formula is C33H31N3O2. The van der Waals surface area contributed by atoms with Crippen molar-refractivity contribution in [1.82, 2.24) is 10.3 Å². The number of nitrogens with one attached hydrogen (secondary N) is 2. The summed E-state index contributed by atoms with van der Waals surface area (Å²) in [5.74, 6) is 0.397. The molecule has 0 saturated heterocycles. The van der Waals surface area contributed by atoms with Crippen molar-refractivity contribution < 1.29 is 9.53 Å². The van der Waals surface area contributed by atoms with E-state index in [1.165, 1.54) is 22.6 Å². The topological polar surface area (TPSA) is 80.1 Å². The van der Waals surface area contributed by atoms with Crippen LogP contribution in [0.5, 0.6) is 5.75 Å². The van der Waals surface area contributed by atoms with E-state index in [-0.39, 0.29) is 6.10 Å². The molecule has 1 amide bonds. The predicted molar refractivity (Wildman–Crippen MR) is 154 cm³/mol. The summed E-state index contributed by atoms with van der Waals surface area (Å²) in [5.41, 5.74) is 11.9. The summed E-state index contributed by atoms with van der Waals surface area (Å²) >= 11 is 0. The number of fused-ring (bicyclic) bond motifs is 1. The van der Waals surface area contributed by atoms with E-state index in [2.05, 4.69) is 65.0 Å². The van der Waals surface area contributed by atoms with E-state index in [1.54, 1.807) is 6.08 Å². The Morgan fingerprint density at radius 1 is 0.895 bits per heavy atom. The van der Waals surface area contributed by atoms with Crippen molar-refractivity contribution in [3.05, 3.63) is 143 Å². The van der Waals surface area contributed by atoms with Crippen LogP contribution in [-0.2, 0) is 17.8 Å². The molecule has 4 aromatic carbocycles. The van der Waals surface area contributed by atoms with Crippen molar-refractivity contribution in [2.45, 2.75) is 19.1 Å². The zero-order valence-electron chi connectivity index (χ0n) is 21.1. The molecule has 1 aromatic heterocycles. The number of hydrogen-bond donors (Lipinski definition) is 3. The van der Waals surface area contributed by atoms with Crippen LogP contribution >= 0.6 is 0 Å². The number of amides is 1. The molecule has 5 nitrogen and oxygen atoms in total. The molecule has 0 atom stereocenters. The second kappa shape index (κ2) is 12.1. The fourth-order valence-corrected chi connectivity index (χ4v) is 4.54. The summed E-state index contributed by atoms with van der Waals surface area (Å²) in [5, 5.41) is 4.70. The lowest BCUT2D eigenvalue weighted by molar-refractivity contribution is -0.113. The Morgan fingerprint density at radius 3 is 2.24 bits per heavy atom. The maximum absolute atomic E-state index is 10.9. The Hall–Kier alpha value is -4.61. The summed E-state index contributed by atoms with van der Waals surface area (Å²) in [4.78, 5) is 14.3. The number of aromatic amines is 1.